The van der Waals surface area contributed by atoms with E-state index >= 15 is 0 Å². The summed E-state index contributed by atoms with van der Waals surface area (Å²) >= 11 is 0. The molecule has 0 aromatic heterocycles. The molecule has 2 aromatic rings. The maximum absolute atomic E-state index is 12.0. The number of ether oxygens (including phenoxy) is 3. The zero-order valence-electron chi connectivity index (χ0n) is 15.8. The van der Waals surface area contributed by atoms with E-state index < -0.39 is 10.0 Å². The van der Waals surface area contributed by atoms with Gasteiger partial charge in [-0.1, -0.05) is 12.1 Å². The van der Waals surface area contributed by atoms with Gasteiger partial charge in [-0.25, -0.2) is 12.7 Å². The van der Waals surface area contributed by atoms with Crippen LogP contribution < -0.4 is 19.5 Å². The monoisotopic (exact) mass is 428 g/mol. The molecule has 1 N–H and O–H groups in total. The minimum Gasteiger partial charge on any atom is -0.492 e. The van der Waals surface area contributed by atoms with Crippen LogP contribution in [0.15, 0.2) is 53.4 Å². The topological polar surface area (TPSA) is 77.1 Å². The van der Waals surface area contributed by atoms with Crippen LogP contribution >= 0.6 is 12.4 Å². The molecule has 154 valence electrons. The summed E-state index contributed by atoms with van der Waals surface area (Å²) in [6.45, 7) is 2.26. The molecule has 7 nitrogen and oxygen atoms in total. The smallest absolute Gasteiger partial charge is 0.242 e. The van der Waals surface area contributed by atoms with Crippen LogP contribution in [0.2, 0.25) is 0 Å². The molecule has 2 aromatic carbocycles. The van der Waals surface area contributed by atoms with E-state index in [1.807, 2.05) is 24.3 Å². The number of rotatable bonds is 8. The summed E-state index contributed by atoms with van der Waals surface area (Å²) in [6.07, 6.45) is -0.0459. The van der Waals surface area contributed by atoms with Crippen molar-refractivity contribution in [2.24, 2.45) is 0 Å². The lowest BCUT2D eigenvalue weighted by molar-refractivity contribution is 0.0897. The molecule has 0 amide bonds. The Kier molecular flexibility index (Phi) is 7.94. The first-order chi connectivity index (χ1) is 13.0. The molecule has 0 radical (unpaired) electrons. The van der Waals surface area contributed by atoms with Crippen LogP contribution in [0.4, 0.5) is 0 Å². The molecule has 1 unspecified atom stereocenters. The molecular formula is C19H25ClN2O5S. The molecule has 3 rings (SSSR count). The second kappa shape index (κ2) is 9.97. The number of para-hydroxylation sites is 2. The van der Waals surface area contributed by atoms with Crippen molar-refractivity contribution < 1.29 is 22.6 Å². The lowest BCUT2D eigenvalue weighted by Gasteiger charge is -2.26. The molecule has 0 saturated carbocycles. The molecule has 0 aliphatic carbocycles. The molecular weight excluding hydrogens is 404 g/mol. The third kappa shape index (κ3) is 5.51. The van der Waals surface area contributed by atoms with Gasteiger partial charge in [-0.05, 0) is 36.4 Å². The quantitative estimate of drug-likeness (QED) is 0.649. The molecule has 0 spiro atoms. The van der Waals surface area contributed by atoms with Gasteiger partial charge in [-0.2, -0.15) is 0 Å². The van der Waals surface area contributed by atoms with Crippen molar-refractivity contribution in [3.05, 3.63) is 48.5 Å². The van der Waals surface area contributed by atoms with Crippen LogP contribution in [0.1, 0.15) is 0 Å². The van der Waals surface area contributed by atoms with Crippen LogP contribution in [0.3, 0.4) is 0 Å². The number of sulfonamides is 1. The zero-order chi connectivity index (χ0) is 19.3. The Labute approximate surface area is 172 Å². The van der Waals surface area contributed by atoms with E-state index in [4.69, 9.17) is 14.2 Å². The molecule has 0 saturated heterocycles. The number of fused-ring (bicyclic) bond motifs is 1. The van der Waals surface area contributed by atoms with Gasteiger partial charge in [0.25, 0.3) is 0 Å². The van der Waals surface area contributed by atoms with E-state index in [-0.39, 0.29) is 23.4 Å². The predicted molar refractivity (Wildman–Crippen MR) is 109 cm³/mol. The predicted octanol–water partition coefficient (Wildman–Crippen LogP) is 2.17. The highest BCUT2D eigenvalue weighted by molar-refractivity contribution is 7.89. The maximum atomic E-state index is 12.0. The summed E-state index contributed by atoms with van der Waals surface area (Å²) in [5.41, 5.74) is 0. The van der Waals surface area contributed by atoms with Crippen molar-refractivity contribution in [1.82, 2.24) is 9.62 Å². The molecule has 28 heavy (non-hydrogen) atoms. The lowest BCUT2D eigenvalue weighted by Crippen LogP contribution is -2.39. The third-order valence-electron chi connectivity index (χ3n) is 4.09. The zero-order valence-corrected chi connectivity index (χ0v) is 17.5. The summed E-state index contributed by atoms with van der Waals surface area (Å²) < 4.78 is 42.4. The Balaban J connectivity index is 0.00000280. The standard InChI is InChI=1S/C19H24N2O5S.ClH/c1-21(2)27(22,23)17-9-7-15(8-10-17)24-12-11-20-13-16-14-25-18-5-3-4-6-19(18)26-16;/h3-10,16,20H,11-14H2,1-2H3;1H. The van der Waals surface area contributed by atoms with Gasteiger partial charge < -0.3 is 19.5 Å². The van der Waals surface area contributed by atoms with Crippen molar-refractivity contribution in [2.75, 3.05) is 40.4 Å². The first-order valence-electron chi connectivity index (χ1n) is 8.71. The van der Waals surface area contributed by atoms with Gasteiger partial charge in [-0.15, -0.1) is 12.4 Å². The highest BCUT2D eigenvalue weighted by atomic mass is 35.5. The Morgan fingerprint density at radius 2 is 1.79 bits per heavy atom. The van der Waals surface area contributed by atoms with Gasteiger partial charge in [0.15, 0.2) is 11.5 Å². The van der Waals surface area contributed by atoms with Crippen molar-refractivity contribution >= 4 is 22.4 Å². The second-order valence-corrected chi connectivity index (χ2v) is 8.46. The largest absolute Gasteiger partial charge is 0.492 e. The van der Waals surface area contributed by atoms with Crippen molar-refractivity contribution in [3.8, 4) is 17.2 Å². The number of halogens is 1. The second-order valence-electron chi connectivity index (χ2n) is 6.31. The van der Waals surface area contributed by atoms with Crippen molar-refractivity contribution in [1.29, 1.82) is 0 Å². The number of hydrogen-bond donors (Lipinski definition) is 1. The SMILES string of the molecule is CN(C)S(=O)(=O)c1ccc(OCCNCC2COc3ccccc3O2)cc1.Cl. The first-order valence-corrected chi connectivity index (χ1v) is 10.2. The van der Waals surface area contributed by atoms with E-state index in [0.717, 1.165) is 11.5 Å². The van der Waals surface area contributed by atoms with Crippen LogP contribution in [-0.2, 0) is 10.0 Å². The highest BCUT2D eigenvalue weighted by Gasteiger charge is 2.20. The normalized spacial score (nSPS) is 15.8. The van der Waals surface area contributed by atoms with Gasteiger partial charge in [-0.3, -0.25) is 0 Å². The van der Waals surface area contributed by atoms with Crippen LogP contribution in [0, 0.1) is 0 Å². The number of nitrogens with one attached hydrogen (secondary N) is 1. The van der Waals surface area contributed by atoms with Gasteiger partial charge in [0.2, 0.25) is 10.0 Å². The number of benzene rings is 2. The van der Waals surface area contributed by atoms with Crippen molar-refractivity contribution in [3.63, 3.8) is 0 Å². The van der Waals surface area contributed by atoms with E-state index in [9.17, 15) is 8.42 Å². The minimum atomic E-state index is -3.42. The number of hydrogen-bond acceptors (Lipinski definition) is 6. The summed E-state index contributed by atoms with van der Waals surface area (Å²) in [7, 11) is -0.407. The molecule has 1 atom stereocenters. The Morgan fingerprint density at radius 3 is 2.46 bits per heavy atom. The van der Waals surface area contributed by atoms with E-state index in [2.05, 4.69) is 5.32 Å². The Bertz CT molecular complexity index is 859. The van der Waals surface area contributed by atoms with E-state index in [1.165, 1.54) is 18.4 Å². The van der Waals surface area contributed by atoms with Crippen LogP contribution in [0.5, 0.6) is 17.2 Å². The summed E-state index contributed by atoms with van der Waals surface area (Å²) in [5, 5.41) is 3.27. The molecule has 0 bridgehead atoms. The molecule has 0 fully saturated rings. The average Bonchev–Trinajstić information content (AvgIpc) is 2.68. The highest BCUT2D eigenvalue weighted by Crippen LogP contribution is 2.30. The maximum Gasteiger partial charge on any atom is 0.242 e. The van der Waals surface area contributed by atoms with Gasteiger partial charge in [0, 0.05) is 27.2 Å². The lowest BCUT2D eigenvalue weighted by atomic mass is 10.2. The molecule has 1 heterocycles. The molecule has 1 aliphatic rings. The average molecular weight is 429 g/mol. The van der Waals surface area contributed by atoms with E-state index in [1.54, 1.807) is 24.3 Å². The van der Waals surface area contributed by atoms with E-state index in [0.29, 0.717) is 32.1 Å². The Morgan fingerprint density at radius 1 is 1.11 bits per heavy atom. The number of nitrogens with zero attached hydrogens (tertiary/aromatic N) is 1. The van der Waals surface area contributed by atoms with Gasteiger partial charge in [0.05, 0.1) is 4.90 Å². The van der Waals surface area contributed by atoms with Crippen LogP contribution in [0.25, 0.3) is 0 Å². The Hall–Kier alpha value is -2.00. The van der Waals surface area contributed by atoms with Gasteiger partial charge >= 0.3 is 0 Å². The molecule has 9 heteroatoms. The minimum absolute atomic E-state index is 0. The summed E-state index contributed by atoms with van der Waals surface area (Å²) in [5.74, 6) is 2.16. The fourth-order valence-corrected chi connectivity index (χ4v) is 3.49. The molecule has 1 aliphatic heterocycles. The third-order valence-corrected chi connectivity index (χ3v) is 5.92. The van der Waals surface area contributed by atoms with Crippen molar-refractivity contribution in [2.45, 2.75) is 11.0 Å². The van der Waals surface area contributed by atoms with Crippen LogP contribution in [-0.4, -0.2) is 59.2 Å². The summed E-state index contributed by atoms with van der Waals surface area (Å²) in [6, 6.07) is 14.0. The summed E-state index contributed by atoms with van der Waals surface area (Å²) in [4.78, 5) is 0.243. The van der Waals surface area contributed by atoms with Gasteiger partial charge in [0.1, 0.15) is 25.1 Å². The fourth-order valence-electron chi connectivity index (χ4n) is 2.59. The first kappa shape index (κ1) is 22.3. The fraction of sp³-hybridized carbons (Fsp3) is 0.368.